The van der Waals surface area contributed by atoms with Gasteiger partial charge in [-0.05, 0) is 82.2 Å². The third kappa shape index (κ3) is 6.04. The third-order valence-corrected chi connectivity index (χ3v) is 6.93. The van der Waals surface area contributed by atoms with Gasteiger partial charge in [0.05, 0.1) is 19.7 Å². The van der Waals surface area contributed by atoms with E-state index in [2.05, 4.69) is 32.3 Å². The van der Waals surface area contributed by atoms with Gasteiger partial charge in [0.1, 0.15) is 11.6 Å². The van der Waals surface area contributed by atoms with E-state index >= 15 is 0 Å². The molecule has 8 nitrogen and oxygen atoms in total. The molecule has 0 aliphatic rings. The standard InChI is InChI=1S/C30H31FN6O2/c1-4-28(29-33-34-35-37(29)18-22-8-13-26(39-3)14-9-22)36(17-21-6-11-25(31)12-7-21)19-24-16-23-10-5-20(2)15-27(23)32-30(24)38/h5-16,28H,4,17-19H2,1-3H3,(H,32,38). The minimum Gasteiger partial charge on any atom is -0.497 e. The van der Waals surface area contributed by atoms with Crippen LogP contribution < -0.4 is 10.3 Å². The first kappa shape index (κ1) is 26.2. The Balaban J connectivity index is 1.50. The number of aromatic nitrogens is 5. The fraction of sp³-hybridized carbons (Fsp3) is 0.267. The zero-order valence-corrected chi connectivity index (χ0v) is 22.3. The van der Waals surface area contributed by atoms with Crippen LogP contribution in [-0.2, 0) is 19.6 Å². The van der Waals surface area contributed by atoms with Crippen molar-refractivity contribution in [2.45, 2.75) is 45.9 Å². The Morgan fingerprint density at radius 3 is 2.46 bits per heavy atom. The monoisotopic (exact) mass is 526 g/mol. The first-order valence-corrected chi connectivity index (χ1v) is 12.9. The van der Waals surface area contributed by atoms with E-state index in [-0.39, 0.29) is 17.4 Å². The minimum absolute atomic E-state index is 0.134. The molecule has 200 valence electrons. The molecule has 9 heteroatoms. The number of methoxy groups -OCH3 is 1. The summed E-state index contributed by atoms with van der Waals surface area (Å²) in [6.07, 6.45) is 0.703. The molecule has 0 aliphatic carbocycles. The van der Waals surface area contributed by atoms with Crippen molar-refractivity contribution < 1.29 is 9.13 Å². The van der Waals surface area contributed by atoms with Crippen molar-refractivity contribution in [3.05, 3.63) is 117 Å². The van der Waals surface area contributed by atoms with Crippen molar-refractivity contribution in [1.29, 1.82) is 0 Å². The van der Waals surface area contributed by atoms with Crippen LogP contribution in [-0.4, -0.2) is 37.2 Å². The molecule has 0 bridgehead atoms. The van der Waals surface area contributed by atoms with E-state index < -0.39 is 0 Å². The number of benzene rings is 3. The summed E-state index contributed by atoms with van der Waals surface area (Å²) < 4.78 is 20.7. The highest BCUT2D eigenvalue weighted by Gasteiger charge is 2.26. The summed E-state index contributed by atoms with van der Waals surface area (Å²) in [5, 5.41) is 13.6. The summed E-state index contributed by atoms with van der Waals surface area (Å²) >= 11 is 0. The smallest absolute Gasteiger partial charge is 0.252 e. The van der Waals surface area contributed by atoms with Crippen LogP contribution in [0, 0.1) is 12.7 Å². The topological polar surface area (TPSA) is 88.9 Å². The van der Waals surface area contributed by atoms with Crippen molar-refractivity contribution >= 4 is 10.9 Å². The predicted molar refractivity (Wildman–Crippen MR) is 148 cm³/mol. The lowest BCUT2D eigenvalue weighted by Gasteiger charge is -2.30. The van der Waals surface area contributed by atoms with Crippen LogP contribution in [0.5, 0.6) is 5.75 Å². The Labute approximate surface area is 226 Å². The highest BCUT2D eigenvalue weighted by Crippen LogP contribution is 2.27. The molecule has 0 radical (unpaired) electrons. The van der Waals surface area contributed by atoms with Gasteiger partial charge in [-0.15, -0.1) is 5.10 Å². The van der Waals surface area contributed by atoms with Crippen molar-refractivity contribution in [2.75, 3.05) is 7.11 Å². The zero-order valence-electron chi connectivity index (χ0n) is 22.3. The van der Waals surface area contributed by atoms with Gasteiger partial charge in [-0.2, -0.15) is 0 Å². The summed E-state index contributed by atoms with van der Waals surface area (Å²) in [6.45, 7) is 5.41. The van der Waals surface area contributed by atoms with E-state index in [1.54, 1.807) is 23.9 Å². The lowest BCUT2D eigenvalue weighted by Crippen LogP contribution is -2.32. The minimum atomic E-state index is -0.290. The van der Waals surface area contributed by atoms with Crippen LogP contribution in [0.2, 0.25) is 0 Å². The number of hydrogen-bond donors (Lipinski definition) is 1. The molecule has 5 aromatic rings. The molecule has 1 unspecified atom stereocenters. The van der Waals surface area contributed by atoms with Crippen molar-refractivity contribution in [1.82, 2.24) is 30.1 Å². The summed E-state index contributed by atoms with van der Waals surface area (Å²) in [5.74, 6) is 1.19. The maximum atomic E-state index is 13.7. The van der Waals surface area contributed by atoms with Gasteiger partial charge in [0.25, 0.3) is 5.56 Å². The largest absolute Gasteiger partial charge is 0.497 e. The number of ether oxygens (including phenoxy) is 1. The average Bonchev–Trinajstić information content (AvgIpc) is 3.39. The van der Waals surface area contributed by atoms with Gasteiger partial charge in [-0.25, -0.2) is 9.07 Å². The molecule has 39 heavy (non-hydrogen) atoms. The maximum Gasteiger partial charge on any atom is 0.252 e. The molecule has 2 heterocycles. The van der Waals surface area contributed by atoms with Gasteiger partial charge in [0.2, 0.25) is 0 Å². The van der Waals surface area contributed by atoms with Gasteiger partial charge in [0, 0.05) is 24.2 Å². The molecule has 1 atom stereocenters. The van der Waals surface area contributed by atoms with Gasteiger partial charge < -0.3 is 9.72 Å². The molecular formula is C30H31FN6O2. The Kier molecular flexibility index (Phi) is 7.79. The van der Waals surface area contributed by atoms with Crippen LogP contribution in [0.3, 0.4) is 0 Å². The number of hydrogen-bond acceptors (Lipinski definition) is 6. The molecular weight excluding hydrogens is 495 g/mol. The van der Waals surface area contributed by atoms with Crippen LogP contribution in [0.15, 0.2) is 77.6 Å². The van der Waals surface area contributed by atoms with Gasteiger partial charge in [-0.1, -0.05) is 43.3 Å². The molecule has 0 fully saturated rings. The molecule has 1 N–H and O–H groups in total. The second-order valence-electron chi connectivity index (χ2n) is 9.71. The molecule has 5 rings (SSSR count). The van der Waals surface area contributed by atoms with Crippen molar-refractivity contribution in [2.24, 2.45) is 0 Å². The number of aryl methyl sites for hydroxylation is 1. The van der Waals surface area contributed by atoms with E-state index in [1.807, 2.05) is 55.5 Å². The van der Waals surface area contributed by atoms with E-state index in [9.17, 15) is 9.18 Å². The highest BCUT2D eigenvalue weighted by atomic mass is 19.1. The molecule has 3 aromatic carbocycles. The number of aromatic amines is 1. The predicted octanol–water partition coefficient (Wildman–Crippen LogP) is 5.17. The van der Waals surface area contributed by atoms with E-state index in [1.165, 1.54) is 12.1 Å². The first-order chi connectivity index (χ1) is 18.9. The van der Waals surface area contributed by atoms with Crippen LogP contribution in [0.4, 0.5) is 4.39 Å². The average molecular weight is 527 g/mol. The molecule has 2 aromatic heterocycles. The lowest BCUT2D eigenvalue weighted by atomic mass is 10.1. The van der Waals surface area contributed by atoms with Crippen LogP contribution in [0.1, 0.15) is 47.5 Å². The maximum absolute atomic E-state index is 13.7. The number of fused-ring (bicyclic) bond motifs is 1. The number of H-pyrrole nitrogens is 1. The van der Waals surface area contributed by atoms with Gasteiger partial charge in [-0.3, -0.25) is 9.69 Å². The van der Waals surface area contributed by atoms with Crippen molar-refractivity contribution in [3.8, 4) is 5.75 Å². The third-order valence-electron chi connectivity index (χ3n) is 6.93. The summed E-state index contributed by atoms with van der Waals surface area (Å²) in [4.78, 5) is 18.4. The second kappa shape index (κ2) is 11.6. The van der Waals surface area contributed by atoms with E-state index in [0.29, 0.717) is 37.4 Å². The normalized spacial score (nSPS) is 12.2. The molecule has 0 amide bonds. The van der Waals surface area contributed by atoms with Gasteiger partial charge in [0.15, 0.2) is 5.82 Å². The van der Waals surface area contributed by atoms with Crippen LogP contribution in [0.25, 0.3) is 10.9 Å². The zero-order chi connectivity index (χ0) is 27.4. The van der Waals surface area contributed by atoms with Crippen LogP contribution >= 0.6 is 0 Å². The summed E-state index contributed by atoms with van der Waals surface area (Å²) in [7, 11) is 1.64. The Bertz CT molecular complexity index is 1610. The first-order valence-electron chi connectivity index (χ1n) is 12.9. The molecule has 0 spiro atoms. The quantitative estimate of drug-likeness (QED) is 0.270. The Morgan fingerprint density at radius 2 is 1.74 bits per heavy atom. The van der Waals surface area contributed by atoms with E-state index in [0.717, 1.165) is 33.3 Å². The molecule has 0 saturated heterocycles. The van der Waals surface area contributed by atoms with Gasteiger partial charge >= 0.3 is 0 Å². The lowest BCUT2D eigenvalue weighted by molar-refractivity contribution is 0.161. The number of nitrogens with zero attached hydrogens (tertiary/aromatic N) is 5. The summed E-state index contributed by atoms with van der Waals surface area (Å²) in [5.41, 5.74) is 4.36. The number of nitrogens with one attached hydrogen (secondary N) is 1. The fourth-order valence-corrected chi connectivity index (χ4v) is 4.87. The number of tetrazole rings is 1. The number of rotatable bonds is 10. The molecule has 0 aliphatic heterocycles. The Hall–Kier alpha value is -4.37. The van der Waals surface area contributed by atoms with Crippen molar-refractivity contribution in [3.63, 3.8) is 0 Å². The number of pyridine rings is 1. The second-order valence-corrected chi connectivity index (χ2v) is 9.71. The highest BCUT2D eigenvalue weighted by molar-refractivity contribution is 5.79. The van der Waals surface area contributed by atoms with E-state index in [4.69, 9.17) is 4.74 Å². The summed E-state index contributed by atoms with van der Waals surface area (Å²) in [6, 6.07) is 22.0. The Morgan fingerprint density at radius 1 is 1.00 bits per heavy atom. The number of halogens is 1. The fourth-order valence-electron chi connectivity index (χ4n) is 4.87. The molecule has 0 saturated carbocycles. The SMILES string of the molecule is CCC(c1nnnn1Cc1ccc(OC)cc1)N(Cc1ccc(F)cc1)Cc1cc2ccc(C)cc2[nH]c1=O.